The Hall–Kier alpha value is -1.62. The van der Waals surface area contributed by atoms with Crippen LogP contribution in [0.3, 0.4) is 0 Å². The van der Waals surface area contributed by atoms with Crippen LogP contribution in [-0.2, 0) is 0 Å². The zero-order valence-electron chi connectivity index (χ0n) is 8.38. The second-order valence-electron chi connectivity index (χ2n) is 3.76. The number of β-amino-alcohol motifs (C(OH)–C–C–N with tert-alkyl or cyclic N) is 1. The van der Waals surface area contributed by atoms with Gasteiger partial charge >= 0.3 is 0 Å². The third-order valence-corrected chi connectivity index (χ3v) is 2.60. The van der Waals surface area contributed by atoms with Gasteiger partial charge in [0, 0.05) is 18.7 Å². The fourth-order valence-electron chi connectivity index (χ4n) is 1.79. The molecule has 1 fully saturated rings. The lowest BCUT2D eigenvalue weighted by Gasteiger charge is -2.37. The van der Waals surface area contributed by atoms with Crippen LogP contribution in [-0.4, -0.2) is 29.2 Å². The summed E-state index contributed by atoms with van der Waals surface area (Å²) in [5, 5.41) is 20.1. The van der Waals surface area contributed by atoms with E-state index >= 15 is 0 Å². The molecule has 0 unspecified atom stereocenters. The highest BCUT2D eigenvalue weighted by Crippen LogP contribution is 2.33. The molecular formula is C10H12N2O3. The maximum Gasteiger partial charge on any atom is 0.295 e. The molecule has 0 bridgehead atoms. The molecule has 0 amide bonds. The molecule has 1 aliphatic heterocycles. The lowest BCUT2D eigenvalue weighted by atomic mass is 10.1. The monoisotopic (exact) mass is 208 g/mol. The number of rotatable bonds is 2. The van der Waals surface area contributed by atoms with E-state index in [2.05, 4.69) is 0 Å². The predicted molar refractivity (Wildman–Crippen MR) is 56.1 cm³/mol. The number of benzene rings is 1. The zero-order chi connectivity index (χ0) is 11.0. The first kappa shape index (κ1) is 9.92. The Bertz CT molecular complexity index is 400. The Morgan fingerprint density at radius 2 is 2.20 bits per heavy atom. The fourth-order valence-corrected chi connectivity index (χ4v) is 1.79. The van der Waals surface area contributed by atoms with Crippen LogP contribution in [0, 0.1) is 17.0 Å². The number of hydrogen-bond acceptors (Lipinski definition) is 4. The Morgan fingerprint density at radius 1 is 1.53 bits per heavy atom. The maximum atomic E-state index is 10.9. The molecule has 0 spiro atoms. The van der Waals surface area contributed by atoms with Gasteiger partial charge in [0.05, 0.1) is 11.0 Å². The van der Waals surface area contributed by atoms with Crippen LogP contribution >= 0.6 is 0 Å². The van der Waals surface area contributed by atoms with Crippen LogP contribution in [0.5, 0.6) is 0 Å². The first-order valence-corrected chi connectivity index (χ1v) is 4.76. The predicted octanol–water partition coefficient (Wildman–Crippen LogP) is 1.08. The molecule has 5 heteroatoms. The second-order valence-corrected chi connectivity index (χ2v) is 3.76. The summed E-state index contributed by atoms with van der Waals surface area (Å²) < 4.78 is 0. The molecule has 0 aromatic heterocycles. The maximum absolute atomic E-state index is 10.9. The van der Waals surface area contributed by atoms with Crippen LogP contribution in [0.4, 0.5) is 11.4 Å². The summed E-state index contributed by atoms with van der Waals surface area (Å²) >= 11 is 0. The highest BCUT2D eigenvalue weighted by atomic mass is 16.6. The Labute approximate surface area is 87.1 Å². The molecule has 1 aromatic rings. The van der Waals surface area contributed by atoms with Gasteiger partial charge in [0.2, 0.25) is 0 Å². The van der Waals surface area contributed by atoms with Crippen molar-refractivity contribution < 1.29 is 10.0 Å². The van der Waals surface area contributed by atoms with Crippen LogP contribution in [0.1, 0.15) is 5.56 Å². The van der Waals surface area contributed by atoms with Crippen LogP contribution in [0.2, 0.25) is 0 Å². The summed E-state index contributed by atoms with van der Waals surface area (Å²) in [6.45, 7) is 2.67. The Morgan fingerprint density at radius 3 is 2.73 bits per heavy atom. The number of nitrogens with zero attached hydrogens (tertiary/aromatic N) is 2. The highest BCUT2D eigenvalue weighted by molar-refractivity contribution is 5.67. The van der Waals surface area contributed by atoms with Gasteiger partial charge in [-0.3, -0.25) is 10.1 Å². The number of nitro benzene ring substituents is 1. The third kappa shape index (κ3) is 1.66. The van der Waals surface area contributed by atoms with E-state index in [9.17, 15) is 10.1 Å². The van der Waals surface area contributed by atoms with Gasteiger partial charge < -0.3 is 10.0 Å². The van der Waals surface area contributed by atoms with E-state index in [-0.39, 0.29) is 16.7 Å². The van der Waals surface area contributed by atoms with Crippen LogP contribution < -0.4 is 4.90 Å². The summed E-state index contributed by atoms with van der Waals surface area (Å²) in [7, 11) is 0. The van der Waals surface area contributed by atoms with Crippen LogP contribution in [0.25, 0.3) is 0 Å². The number of aliphatic hydroxyl groups excluding tert-OH is 1. The number of hydrogen-bond donors (Lipinski definition) is 1. The lowest BCUT2D eigenvalue weighted by Crippen LogP contribution is -2.51. The van der Waals surface area contributed by atoms with Crippen molar-refractivity contribution in [3.8, 4) is 0 Å². The van der Waals surface area contributed by atoms with Gasteiger partial charge in [0.1, 0.15) is 5.69 Å². The van der Waals surface area contributed by atoms with Gasteiger partial charge in [0.15, 0.2) is 0 Å². The van der Waals surface area contributed by atoms with Crippen molar-refractivity contribution in [2.45, 2.75) is 13.0 Å². The molecule has 1 heterocycles. The quantitative estimate of drug-likeness (QED) is 0.583. The van der Waals surface area contributed by atoms with Crippen molar-refractivity contribution in [2.24, 2.45) is 0 Å². The average molecular weight is 208 g/mol. The van der Waals surface area contributed by atoms with Gasteiger partial charge in [-0.2, -0.15) is 0 Å². The number of anilines is 1. The molecule has 0 aliphatic carbocycles. The van der Waals surface area contributed by atoms with Gasteiger partial charge in [-0.05, 0) is 13.0 Å². The average Bonchev–Trinajstić information content (AvgIpc) is 2.12. The minimum atomic E-state index is -0.366. The van der Waals surface area contributed by atoms with Crippen molar-refractivity contribution in [3.05, 3.63) is 33.9 Å². The molecule has 0 saturated carbocycles. The Kier molecular flexibility index (Phi) is 2.32. The number of aryl methyl sites for hydroxylation is 1. The summed E-state index contributed by atoms with van der Waals surface area (Å²) in [6, 6.07) is 5.23. The fraction of sp³-hybridized carbons (Fsp3) is 0.400. The van der Waals surface area contributed by atoms with Gasteiger partial charge in [0.25, 0.3) is 5.69 Å². The molecule has 1 aliphatic rings. The zero-order valence-corrected chi connectivity index (χ0v) is 8.38. The van der Waals surface area contributed by atoms with E-state index in [0.717, 1.165) is 0 Å². The SMILES string of the molecule is Cc1cccc(N2CC(O)C2)c1[N+](=O)[O-]. The minimum absolute atomic E-state index is 0.143. The normalized spacial score (nSPS) is 16.3. The summed E-state index contributed by atoms with van der Waals surface area (Å²) in [4.78, 5) is 12.3. The van der Waals surface area contributed by atoms with E-state index < -0.39 is 0 Å². The molecule has 5 nitrogen and oxygen atoms in total. The van der Waals surface area contributed by atoms with Crippen molar-refractivity contribution >= 4 is 11.4 Å². The van der Waals surface area contributed by atoms with Crippen molar-refractivity contribution in [1.82, 2.24) is 0 Å². The number of para-hydroxylation sites is 1. The first-order valence-electron chi connectivity index (χ1n) is 4.76. The molecule has 0 radical (unpaired) electrons. The highest BCUT2D eigenvalue weighted by Gasteiger charge is 2.30. The molecule has 1 aromatic carbocycles. The van der Waals surface area contributed by atoms with E-state index in [0.29, 0.717) is 24.3 Å². The largest absolute Gasteiger partial charge is 0.389 e. The van der Waals surface area contributed by atoms with Gasteiger partial charge in [-0.15, -0.1) is 0 Å². The van der Waals surface area contributed by atoms with Crippen molar-refractivity contribution in [2.75, 3.05) is 18.0 Å². The standard InChI is InChI=1S/C10H12N2O3/c1-7-3-2-4-9(10(7)12(14)15)11-5-8(13)6-11/h2-4,8,13H,5-6H2,1H3. The molecule has 1 N–H and O–H groups in total. The van der Waals surface area contributed by atoms with E-state index in [1.165, 1.54) is 0 Å². The van der Waals surface area contributed by atoms with Crippen molar-refractivity contribution in [3.63, 3.8) is 0 Å². The molecule has 15 heavy (non-hydrogen) atoms. The summed E-state index contributed by atoms with van der Waals surface area (Å²) in [5.41, 5.74) is 1.40. The minimum Gasteiger partial charge on any atom is -0.389 e. The third-order valence-electron chi connectivity index (χ3n) is 2.60. The van der Waals surface area contributed by atoms with E-state index in [1.54, 1.807) is 25.1 Å². The first-order chi connectivity index (χ1) is 7.09. The van der Waals surface area contributed by atoms with Crippen LogP contribution in [0.15, 0.2) is 18.2 Å². The second kappa shape index (κ2) is 3.51. The smallest absolute Gasteiger partial charge is 0.295 e. The summed E-state index contributed by atoms with van der Waals surface area (Å²) in [6.07, 6.45) is -0.356. The van der Waals surface area contributed by atoms with E-state index in [4.69, 9.17) is 5.11 Å². The van der Waals surface area contributed by atoms with E-state index in [1.807, 2.05) is 4.90 Å². The molecule has 1 saturated heterocycles. The van der Waals surface area contributed by atoms with Gasteiger partial charge in [-0.25, -0.2) is 0 Å². The molecular weight excluding hydrogens is 196 g/mol. The van der Waals surface area contributed by atoms with Gasteiger partial charge in [-0.1, -0.05) is 12.1 Å². The molecule has 80 valence electrons. The molecule has 2 rings (SSSR count). The number of nitro groups is 1. The number of aliphatic hydroxyl groups is 1. The van der Waals surface area contributed by atoms with Crippen molar-refractivity contribution in [1.29, 1.82) is 0 Å². The lowest BCUT2D eigenvalue weighted by molar-refractivity contribution is -0.384. The Balaban J connectivity index is 2.38. The topological polar surface area (TPSA) is 66.6 Å². The summed E-state index contributed by atoms with van der Waals surface area (Å²) in [5.74, 6) is 0. The molecule has 0 atom stereocenters.